The smallest absolute Gasteiger partial charge is 0.182 e. The van der Waals surface area contributed by atoms with E-state index in [9.17, 15) is 0 Å². The summed E-state index contributed by atoms with van der Waals surface area (Å²) in [6, 6.07) is 0. The van der Waals surface area contributed by atoms with Crippen molar-refractivity contribution in [3.05, 3.63) is 12.2 Å². The van der Waals surface area contributed by atoms with Crippen LogP contribution in [0.2, 0.25) is 0 Å². The summed E-state index contributed by atoms with van der Waals surface area (Å²) in [6.07, 6.45) is 1.02. The first kappa shape index (κ1) is 7.83. The van der Waals surface area contributed by atoms with Crippen LogP contribution in [0.3, 0.4) is 0 Å². The van der Waals surface area contributed by atoms with Gasteiger partial charge in [0.1, 0.15) is 0 Å². The summed E-state index contributed by atoms with van der Waals surface area (Å²) in [4.78, 5) is 1.78. The van der Waals surface area contributed by atoms with Gasteiger partial charge in [-0.2, -0.15) is 0 Å². The molecule has 2 nitrogen and oxygen atoms in total. The molecule has 1 aliphatic heterocycles. The molecule has 0 unspecified atom stereocenters. The van der Waals surface area contributed by atoms with E-state index in [4.69, 9.17) is 12.7 Å². The lowest BCUT2D eigenvalue weighted by Crippen LogP contribution is -2.28. The van der Waals surface area contributed by atoms with Crippen LogP contribution in [0, 0.1) is 0 Å². The molecule has 54 valence electrons. The van der Waals surface area contributed by atoms with E-state index in [0.29, 0.717) is 6.61 Å². The van der Waals surface area contributed by atoms with Gasteiger partial charge in [0.2, 0.25) is 0 Å². The maximum Gasteiger partial charge on any atom is 0.182 e. The molecule has 1 saturated heterocycles. The molecule has 0 bridgehead atoms. The predicted molar refractivity (Wildman–Crippen MR) is 41.9 cm³/mol. The van der Waals surface area contributed by atoms with E-state index >= 15 is 0 Å². The van der Waals surface area contributed by atoms with Gasteiger partial charge in [0, 0.05) is 13.2 Å². The third-order valence-corrected chi connectivity index (χ3v) is 1.47. The van der Waals surface area contributed by atoms with Gasteiger partial charge >= 0.3 is 0 Å². The average Bonchev–Trinajstić information content (AvgIpc) is 1.83. The highest BCUT2D eigenvalue weighted by Gasteiger charge is 2.04. The minimum absolute atomic E-state index is 0.660. The second-order valence-electron chi connectivity index (χ2n) is 2.63. The van der Waals surface area contributed by atoms with E-state index in [-0.39, 0.29) is 0 Å². The van der Waals surface area contributed by atoms with E-state index in [1.165, 1.54) is 0 Å². The number of hydrogen-bond donors (Lipinski definition) is 0. The Hall–Kier alpha value is -0.275. The summed E-state index contributed by atoms with van der Waals surface area (Å²) in [6.45, 7) is 6.94. The average molecular weight is 137 g/mol. The normalized spacial score (nSPS) is 23.8. The summed E-state index contributed by atoms with van der Waals surface area (Å²) in [7, 11) is 5.61. The third-order valence-electron chi connectivity index (χ3n) is 1.47. The van der Waals surface area contributed by atoms with Gasteiger partial charge in [-0.1, -0.05) is 6.58 Å². The number of rotatable bonds is 0. The first-order valence-corrected chi connectivity index (χ1v) is 3.53. The highest BCUT2D eigenvalue weighted by molar-refractivity contribution is 6.04. The molecular formula is C7H12BNO. The first-order chi connectivity index (χ1) is 4.79. The second kappa shape index (κ2) is 3.79. The Morgan fingerprint density at radius 1 is 1.60 bits per heavy atom. The zero-order chi connectivity index (χ0) is 7.40. The van der Waals surface area contributed by atoms with Crippen molar-refractivity contribution in [1.82, 2.24) is 4.81 Å². The molecule has 0 aromatic rings. The van der Waals surface area contributed by atoms with Crippen molar-refractivity contribution in [2.75, 3.05) is 26.3 Å². The van der Waals surface area contributed by atoms with Gasteiger partial charge in [0.25, 0.3) is 0 Å². The Labute approximate surface area is 63.3 Å². The van der Waals surface area contributed by atoms with Crippen LogP contribution in [-0.2, 0) is 4.74 Å². The Balaban J connectivity index is 2.32. The molecule has 1 fully saturated rings. The molecule has 0 atom stereocenters. The number of nitrogens with zero attached hydrogens (tertiary/aromatic N) is 1. The van der Waals surface area contributed by atoms with Gasteiger partial charge < -0.3 is 9.55 Å². The van der Waals surface area contributed by atoms with E-state index < -0.39 is 0 Å². The SMILES string of the molecule is [B]N1CCCOCC(=C)C1. The molecule has 0 spiro atoms. The minimum atomic E-state index is 0.660. The fourth-order valence-electron chi connectivity index (χ4n) is 0.998. The molecule has 0 saturated carbocycles. The van der Waals surface area contributed by atoms with Crippen LogP contribution >= 0.6 is 0 Å². The Morgan fingerprint density at radius 2 is 2.40 bits per heavy atom. The first-order valence-electron chi connectivity index (χ1n) is 3.53. The van der Waals surface area contributed by atoms with Crippen molar-refractivity contribution in [2.45, 2.75) is 6.42 Å². The van der Waals surface area contributed by atoms with Crippen molar-refractivity contribution in [3.8, 4) is 0 Å². The largest absolute Gasteiger partial charge is 0.377 e. The monoisotopic (exact) mass is 137 g/mol. The maximum absolute atomic E-state index is 5.61. The number of hydrogen-bond acceptors (Lipinski definition) is 2. The number of ether oxygens (including phenoxy) is 1. The topological polar surface area (TPSA) is 12.5 Å². The molecule has 10 heavy (non-hydrogen) atoms. The van der Waals surface area contributed by atoms with Crippen molar-refractivity contribution >= 4 is 7.98 Å². The van der Waals surface area contributed by atoms with Crippen molar-refractivity contribution in [3.63, 3.8) is 0 Å². The van der Waals surface area contributed by atoms with Crippen molar-refractivity contribution < 1.29 is 4.74 Å². The molecule has 0 aromatic heterocycles. The zero-order valence-corrected chi connectivity index (χ0v) is 6.18. The van der Waals surface area contributed by atoms with Crippen molar-refractivity contribution in [1.29, 1.82) is 0 Å². The Morgan fingerprint density at radius 3 is 3.20 bits per heavy atom. The van der Waals surface area contributed by atoms with Crippen LogP contribution in [0.25, 0.3) is 0 Å². The summed E-state index contributed by atoms with van der Waals surface area (Å²) >= 11 is 0. The highest BCUT2D eigenvalue weighted by atomic mass is 16.5. The summed E-state index contributed by atoms with van der Waals surface area (Å²) in [5.74, 6) is 0. The standard InChI is InChI=1S/C7H12BNO/c1-7-5-9(8)3-2-4-10-6-7/h1-6H2. The molecule has 0 aliphatic carbocycles. The van der Waals surface area contributed by atoms with Gasteiger partial charge in [0.05, 0.1) is 6.61 Å². The van der Waals surface area contributed by atoms with E-state index in [1.807, 2.05) is 0 Å². The minimum Gasteiger partial charge on any atom is -0.377 e. The fraction of sp³-hybridized carbons (Fsp3) is 0.714. The van der Waals surface area contributed by atoms with Crippen LogP contribution in [0.15, 0.2) is 12.2 Å². The fourth-order valence-corrected chi connectivity index (χ4v) is 0.998. The van der Waals surface area contributed by atoms with Crippen LogP contribution in [0.4, 0.5) is 0 Å². The highest BCUT2D eigenvalue weighted by Crippen LogP contribution is 2.00. The Bertz CT molecular complexity index is 127. The molecule has 1 rings (SSSR count). The summed E-state index contributed by atoms with van der Waals surface area (Å²) in [5.41, 5.74) is 1.06. The molecule has 2 radical (unpaired) electrons. The second-order valence-corrected chi connectivity index (χ2v) is 2.63. The van der Waals surface area contributed by atoms with Crippen LogP contribution in [-0.4, -0.2) is 39.1 Å². The van der Waals surface area contributed by atoms with Gasteiger partial charge in [-0.05, 0) is 18.5 Å². The lowest BCUT2D eigenvalue weighted by molar-refractivity contribution is 0.135. The zero-order valence-electron chi connectivity index (χ0n) is 6.18. The van der Waals surface area contributed by atoms with E-state index in [0.717, 1.165) is 31.7 Å². The van der Waals surface area contributed by atoms with Crippen LogP contribution < -0.4 is 0 Å². The molecule has 0 N–H and O–H groups in total. The molecule has 0 aromatic carbocycles. The molecular weight excluding hydrogens is 125 g/mol. The quantitative estimate of drug-likeness (QED) is 0.352. The van der Waals surface area contributed by atoms with Crippen LogP contribution in [0.1, 0.15) is 6.42 Å². The molecule has 3 heteroatoms. The van der Waals surface area contributed by atoms with Crippen molar-refractivity contribution in [2.24, 2.45) is 0 Å². The van der Waals surface area contributed by atoms with Crippen LogP contribution in [0.5, 0.6) is 0 Å². The Kier molecular flexibility index (Phi) is 2.96. The predicted octanol–water partition coefficient (Wildman–Crippen LogP) is 0.348. The summed E-state index contributed by atoms with van der Waals surface area (Å²) < 4.78 is 5.25. The van der Waals surface area contributed by atoms with E-state index in [1.54, 1.807) is 4.81 Å². The lowest BCUT2D eigenvalue weighted by Gasteiger charge is -2.21. The third kappa shape index (κ3) is 2.54. The van der Waals surface area contributed by atoms with E-state index in [2.05, 4.69) is 6.58 Å². The van der Waals surface area contributed by atoms with Gasteiger partial charge in [-0.15, -0.1) is 0 Å². The maximum atomic E-state index is 5.61. The lowest BCUT2D eigenvalue weighted by atomic mass is 10.2. The molecule has 0 amide bonds. The molecule has 1 aliphatic rings. The summed E-state index contributed by atoms with van der Waals surface area (Å²) in [5, 5.41) is 0. The van der Waals surface area contributed by atoms with Gasteiger partial charge in [-0.3, -0.25) is 0 Å². The van der Waals surface area contributed by atoms with Gasteiger partial charge in [-0.25, -0.2) is 0 Å². The van der Waals surface area contributed by atoms with Gasteiger partial charge in [0.15, 0.2) is 7.98 Å². The molecule has 1 heterocycles.